The van der Waals surface area contributed by atoms with Gasteiger partial charge in [-0.1, -0.05) is 60.8 Å². The fraction of sp³-hybridized carbons (Fsp3) is 0.333. The van der Waals surface area contributed by atoms with Crippen LogP contribution in [0.15, 0.2) is 65.6 Å². The van der Waals surface area contributed by atoms with E-state index in [1.54, 1.807) is 43.3 Å². The Morgan fingerprint density at radius 2 is 1.49 bits per heavy atom. The van der Waals surface area contributed by atoms with Crippen LogP contribution < -0.4 is 9.62 Å². The second-order valence-electron chi connectivity index (χ2n) is 10.3. The van der Waals surface area contributed by atoms with Crippen molar-refractivity contribution in [3.63, 3.8) is 0 Å². The molecule has 2 amide bonds. The molecular weight excluding hydrogens is 605 g/mol. The number of hydrogen-bond acceptors (Lipinski definition) is 4. The first kappa shape index (κ1) is 32.7. The Kier molecular flexibility index (Phi) is 11.1. The number of halogens is 3. The SMILES string of the molecule is Cc1ccc(N(CC(=O)N(Cc2ccc(Cl)cc2Cl)C(C)C(=O)NCC(C)C)S(=O)(=O)c2ccc(Cl)cc2)cc1C. The normalized spacial score (nSPS) is 12.2. The Bertz CT molecular complexity index is 1510. The van der Waals surface area contributed by atoms with Crippen LogP contribution in [0, 0.1) is 19.8 Å². The largest absolute Gasteiger partial charge is 0.354 e. The van der Waals surface area contributed by atoms with Crippen molar-refractivity contribution in [3.05, 3.63) is 92.4 Å². The van der Waals surface area contributed by atoms with E-state index in [-0.39, 0.29) is 23.3 Å². The monoisotopic (exact) mass is 637 g/mol. The summed E-state index contributed by atoms with van der Waals surface area (Å²) < 4.78 is 28.9. The number of hydrogen-bond donors (Lipinski definition) is 1. The smallest absolute Gasteiger partial charge is 0.264 e. The van der Waals surface area contributed by atoms with Crippen LogP contribution in [0.1, 0.15) is 37.5 Å². The van der Waals surface area contributed by atoms with Gasteiger partial charge in [-0.15, -0.1) is 0 Å². The molecule has 0 heterocycles. The van der Waals surface area contributed by atoms with E-state index in [2.05, 4.69) is 5.32 Å². The molecular formula is C30H34Cl3N3O4S. The van der Waals surface area contributed by atoms with Crippen molar-refractivity contribution in [2.24, 2.45) is 5.92 Å². The number of amides is 2. The minimum absolute atomic E-state index is 0.0250. The van der Waals surface area contributed by atoms with Crippen molar-refractivity contribution in [3.8, 4) is 0 Å². The molecule has 220 valence electrons. The quantitative estimate of drug-likeness (QED) is 0.255. The molecule has 0 aromatic heterocycles. The van der Waals surface area contributed by atoms with Crippen molar-refractivity contribution >= 4 is 62.3 Å². The zero-order valence-corrected chi connectivity index (χ0v) is 26.7. The molecule has 1 atom stereocenters. The number of sulfonamides is 1. The van der Waals surface area contributed by atoms with Gasteiger partial charge in [0.15, 0.2) is 0 Å². The van der Waals surface area contributed by atoms with Gasteiger partial charge in [0.1, 0.15) is 12.6 Å². The van der Waals surface area contributed by atoms with Gasteiger partial charge in [-0.25, -0.2) is 8.42 Å². The van der Waals surface area contributed by atoms with Gasteiger partial charge in [-0.05, 0) is 91.9 Å². The van der Waals surface area contributed by atoms with E-state index in [1.807, 2.05) is 27.7 Å². The average Bonchev–Trinajstić information content (AvgIpc) is 2.91. The van der Waals surface area contributed by atoms with Crippen LogP contribution in [-0.4, -0.2) is 44.3 Å². The molecule has 1 N–H and O–H groups in total. The first-order chi connectivity index (χ1) is 19.2. The third-order valence-electron chi connectivity index (χ3n) is 6.67. The molecule has 0 fully saturated rings. The predicted molar refractivity (Wildman–Crippen MR) is 166 cm³/mol. The fourth-order valence-electron chi connectivity index (χ4n) is 4.01. The van der Waals surface area contributed by atoms with E-state index < -0.39 is 28.5 Å². The maximum absolute atomic E-state index is 14.0. The topological polar surface area (TPSA) is 86.8 Å². The molecule has 41 heavy (non-hydrogen) atoms. The molecule has 0 radical (unpaired) electrons. The number of nitrogens with one attached hydrogen (secondary N) is 1. The van der Waals surface area contributed by atoms with E-state index in [1.165, 1.54) is 29.2 Å². The van der Waals surface area contributed by atoms with E-state index in [0.29, 0.717) is 32.9 Å². The van der Waals surface area contributed by atoms with Crippen molar-refractivity contribution in [2.45, 2.75) is 52.1 Å². The lowest BCUT2D eigenvalue weighted by Gasteiger charge is -2.32. The fourth-order valence-corrected chi connectivity index (χ4v) is 6.01. The summed E-state index contributed by atoms with van der Waals surface area (Å²) in [6, 6.07) is 14.9. The molecule has 1 unspecified atom stereocenters. The van der Waals surface area contributed by atoms with Gasteiger partial charge < -0.3 is 10.2 Å². The van der Waals surface area contributed by atoms with Gasteiger partial charge in [-0.2, -0.15) is 0 Å². The van der Waals surface area contributed by atoms with Crippen molar-refractivity contribution < 1.29 is 18.0 Å². The molecule has 3 aromatic carbocycles. The lowest BCUT2D eigenvalue weighted by molar-refractivity contribution is -0.139. The molecule has 0 bridgehead atoms. The van der Waals surface area contributed by atoms with E-state index in [0.717, 1.165) is 15.4 Å². The Morgan fingerprint density at radius 3 is 2.07 bits per heavy atom. The summed E-state index contributed by atoms with van der Waals surface area (Å²) in [6.07, 6.45) is 0. The Balaban J connectivity index is 2.06. The summed E-state index contributed by atoms with van der Waals surface area (Å²) in [7, 11) is -4.20. The summed E-state index contributed by atoms with van der Waals surface area (Å²) >= 11 is 18.5. The van der Waals surface area contributed by atoms with Crippen LogP contribution in [0.3, 0.4) is 0 Å². The highest BCUT2D eigenvalue weighted by Gasteiger charge is 2.33. The van der Waals surface area contributed by atoms with Crippen LogP contribution >= 0.6 is 34.8 Å². The molecule has 0 aliphatic heterocycles. The van der Waals surface area contributed by atoms with Crippen LogP contribution in [0.4, 0.5) is 5.69 Å². The number of anilines is 1. The summed E-state index contributed by atoms with van der Waals surface area (Å²) in [5.74, 6) is -0.750. The number of aryl methyl sites for hydroxylation is 2. The third kappa shape index (κ3) is 8.38. The van der Waals surface area contributed by atoms with E-state index in [9.17, 15) is 18.0 Å². The molecule has 0 saturated heterocycles. The highest BCUT2D eigenvalue weighted by Crippen LogP contribution is 2.28. The van der Waals surface area contributed by atoms with Crippen LogP contribution in [0.2, 0.25) is 15.1 Å². The molecule has 3 rings (SSSR count). The zero-order valence-electron chi connectivity index (χ0n) is 23.6. The predicted octanol–water partition coefficient (Wildman–Crippen LogP) is 6.65. The minimum Gasteiger partial charge on any atom is -0.354 e. The Labute approximate surface area is 257 Å². The number of carbonyl (C=O) groups is 2. The molecule has 0 spiro atoms. The zero-order chi connectivity index (χ0) is 30.5. The Hall–Kier alpha value is -2.78. The molecule has 11 heteroatoms. The van der Waals surface area contributed by atoms with Crippen LogP contribution in [0.25, 0.3) is 0 Å². The number of benzene rings is 3. The van der Waals surface area contributed by atoms with Gasteiger partial charge in [0.05, 0.1) is 10.6 Å². The summed E-state index contributed by atoms with van der Waals surface area (Å²) in [4.78, 5) is 28.4. The molecule has 0 saturated carbocycles. The van der Waals surface area contributed by atoms with E-state index >= 15 is 0 Å². The molecule has 0 aliphatic rings. The lowest BCUT2D eigenvalue weighted by atomic mass is 10.1. The van der Waals surface area contributed by atoms with Gasteiger partial charge in [0.25, 0.3) is 10.0 Å². The second kappa shape index (κ2) is 13.9. The van der Waals surface area contributed by atoms with E-state index in [4.69, 9.17) is 34.8 Å². The maximum atomic E-state index is 14.0. The van der Waals surface area contributed by atoms with Gasteiger partial charge >= 0.3 is 0 Å². The number of rotatable bonds is 11. The average molecular weight is 639 g/mol. The summed E-state index contributed by atoms with van der Waals surface area (Å²) in [6.45, 7) is 9.14. The highest BCUT2D eigenvalue weighted by atomic mass is 35.5. The second-order valence-corrected chi connectivity index (χ2v) is 13.4. The lowest BCUT2D eigenvalue weighted by Crippen LogP contribution is -2.51. The molecule has 3 aromatic rings. The van der Waals surface area contributed by atoms with Crippen LogP contribution in [0.5, 0.6) is 0 Å². The Morgan fingerprint density at radius 1 is 0.854 bits per heavy atom. The molecule has 7 nitrogen and oxygen atoms in total. The number of carbonyl (C=O) groups excluding carboxylic acids is 2. The first-order valence-corrected chi connectivity index (χ1v) is 15.6. The minimum atomic E-state index is -4.20. The van der Waals surface area contributed by atoms with Gasteiger partial charge in [0.2, 0.25) is 11.8 Å². The van der Waals surface area contributed by atoms with Crippen molar-refractivity contribution in [1.29, 1.82) is 0 Å². The first-order valence-electron chi connectivity index (χ1n) is 13.1. The standard InChI is InChI=1S/C30H34Cl3N3O4S/c1-19(2)16-34-30(38)22(5)35(17-23-7-8-25(32)15-28(23)33)29(37)18-36(26-11-6-20(3)21(4)14-26)41(39,40)27-12-9-24(31)10-13-27/h6-15,19,22H,16-18H2,1-5H3,(H,34,38). The summed E-state index contributed by atoms with van der Waals surface area (Å²) in [5.41, 5.74) is 2.71. The van der Waals surface area contributed by atoms with Crippen molar-refractivity contribution in [2.75, 3.05) is 17.4 Å². The van der Waals surface area contributed by atoms with Gasteiger partial charge in [-0.3, -0.25) is 13.9 Å². The van der Waals surface area contributed by atoms with Crippen LogP contribution in [-0.2, 0) is 26.2 Å². The van der Waals surface area contributed by atoms with Gasteiger partial charge in [0, 0.05) is 28.2 Å². The molecule has 0 aliphatic carbocycles. The van der Waals surface area contributed by atoms with Crippen molar-refractivity contribution in [1.82, 2.24) is 10.2 Å². The highest BCUT2D eigenvalue weighted by molar-refractivity contribution is 7.92. The summed E-state index contributed by atoms with van der Waals surface area (Å²) in [5, 5.41) is 3.98. The maximum Gasteiger partial charge on any atom is 0.264 e. The number of nitrogens with zero attached hydrogens (tertiary/aromatic N) is 2. The third-order valence-corrected chi connectivity index (χ3v) is 9.29.